The molecule has 0 aliphatic heterocycles. The van der Waals surface area contributed by atoms with Gasteiger partial charge in [-0.3, -0.25) is 13.9 Å². The highest BCUT2D eigenvalue weighted by atomic mass is 35.5. The Morgan fingerprint density at radius 3 is 2.13 bits per heavy atom. The second-order valence-electron chi connectivity index (χ2n) is 9.42. The molecule has 0 unspecified atom stereocenters. The molecule has 0 fully saturated rings. The summed E-state index contributed by atoms with van der Waals surface area (Å²) in [5.74, 6) is -0.850. The second-order valence-corrected chi connectivity index (χ2v) is 12.2. The minimum Gasteiger partial charge on any atom is -0.352 e. The number of sulfonamides is 1. The standard InChI is InChI=1S/C29H33Cl2N3O4S/c1-4-21(2)32-29(36)27(18-22-9-6-5-7-10-22)33(19-23-11-8-12-25(31)17-23)28(35)20-34(39(3,37)38)26-15-13-24(30)14-16-26/h5-17,21,27H,4,18-20H2,1-3H3,(H,32,36)/t21-,27-/m0/s1. The molecule has 0 aromatic heterocycles. The van der Waals surface area contributed by atoms with Crippen LogP contribution >= 0.6 is 23.2 Å². The van der Waals surface area contributed by atoms with Crippen molar-refractivity contribution in [3.8, 4) is 0 Å². The highest BCUT2D eigenvalue weighted by molar-refractivity contribution is 7.92. The van der Waals surface area contributed by atoms with Crippen LogP contribution in [0.1, 0.15) is 31.4 Å². The molecule has 0 saturated heterocycles. The number of benzene rings is 3. The molecule has 2 atom stereocenters. The van der Waals surface area contributed by atoms with Crippen LogP contribution in [0.3, 0.4) is 0 Å². The van der Waals surface area contributed by atoms with E-state index in [0.29, 0.717) is 27.7 Å². The summed E-state index contributed by atoms with van der Waals surface area (Å²) in [6, 6.07) is 21.6. The van der Waals surface area contributed by atoms with Crippen LogP contribution < -0.4 is 9.62 Å². The molecule has 3 rings (SSSR count). The summed E-state index contributed by atoms with van der Waals surface area (Å²) >= 11 is 12.2. The maximum absolute atomic E-state index is 14.0. The van der Waals surface area contributed by atoms with Crippen molar-refractivity contribution in [1.29, 1.82) is 0 Å². The van der Waals surface area contributed by atoms with Crippen LogP contribution in [0.5, 0.6) is 0 Å². The number of hydrogen-bond acceptors (Lipinski definition) is 4. The fourth-order valence-corrected chi connectivity index (χ4v) is 5.24. The molecule has 39 heavy (non-hydrogen) atoms. The SMILES string of the molecule is CC[C@H](C)NC(=O)[C@H](Cc1ccccc1)N(Cc1cccc(Cl)c1)C(=O)CN(c1ccc(Cl)cc1)S(C)(=O)=O. The lowest BCUT2D eigenvalue weighted by Crippen LogP contribution is -2.54. The number of hydrogen-bond donors (Lipinski definition) is 1. The lowest BCUT2D eigenvalue weighted by Gasteiger charge is -2.34. The Bertz CT molecular complexity index is 1370. The third-order valence-electron chi connectivity index (χ3n) is 6.31. The summed E-state index contributed by atoms with van der Waals surface area (Å²) in [7, 11) is -3.85. The van der Waals surface area contributed by atoms with Crippen LogP contribution in [-0.2, 0) is 32.6 Å². The van der Waals surface area contributed by atoms with E-state index in [2.05, 4.69) is 5.32 Å². The third kappa shape index (κ3) is 8.98. The van der Waals surface area contributed by atoms with Gasteiger partial charge in [0, 0.05) is 29.1 Å². The van der Waals surface area contributed by atoms with E-state index < -0.39 is 28.5 Å². The van der Waals surface area contributed by atoms with Crippen LogP contribution in [0.25, 0.3) is 0 Å². The molecular weight excluding hydrogens is 557 g/mol. The number of rotatable bonds is 12. The van der Waals surface area contributed by atoms with Crippen molar-refractivity contribution in [3.63, 3.8) is 0 Å². The number of anilines is 1. The largest absolute Gasteiger partial charge is 0.352 e. The Labute approximate surface area is 240 Å². The first-order chi connectivity index (χ1) is 18.5. The Hall–Kier alpha value is -3.07. The van der Waals surface area contributed by atoms with Gasteiger partial charge in [0.2, 0.25) is 21.8 Å². The Kier molecular flexibility index (Phi) is 10.8. The second kappa shape index (κ2) is 13.8. The number of nitrogens with one attached hydrogen (secondary N) is 1. The van der Waals surface area contributed by atoms with E-state index in [1.807, 2.05) is 50.2 Å². The van der Waals surface area contributed by atoms with E-state index in [4.69, 9.17) is 23.2 Å². The van der Waals surface area contributed by atoms with Gasteiger partial charge in [-0.25, -0.2) is 8.42 Å². The van der Waals surface area contributed by atoms with Crippen LogP contribution in [0.4, 0.5) is 5.69 Å². The number of nitrogens with zero attached hydrogens (tertiary/aromatic N) is 2. The van der Waals surface area contributed by atoms with Crippen molar-refractivity contribution in [2.45, 2.75) is 45.3 Å². The molecule has 0 saturated carbocycles. The number of halogens is 2. The van der Waals surface area contributed by atoms with Crippen LogP contribution in [-0.4, -0.2) is 50.0 Å². The van der Waals surface area contributed by atoms with Gasteiger partial charge in [0.05, 0.1) is 11.9 Å². The first kappa shape index (κ1) is 30.5. The molecule has 0 heterocycles. The zero-order valence-corrected chi connectivity index (χ0v) is 24.5. The zero-order valence-electron chi connectivity index (χ0n) is 22.2. The quantitative estimate of drug-likeness (QED) is 0.310. The van der Waals surface area contributed by atoms with E-state index in [0.717, 1.165) is 16.1 Å². The Morgan fingerprint density at radius 1 is 0.897 bits per heavy atom. The average molecular weight is 591 g/mol. The van der Waals surface area contributed by atoms with Crippen LogP contribution in [0, 0.1) is 0 Å². The number of carbonyl (C=O) groups excluding carboxylic acids is 2. The Morgan fingerprint density at radius 2 is 1.54 bits per heavy atom. The average Bonchev–Trinajstić information content (AvgIpc) is 2.89. The van der Waals surface area contributed by atoms with E-state index >= 15 is 0 Å². The minimum atomic E-state index is -3.85. The summed E-state index contributed by atoms with van der Waals surface area (Å²) in [6.07, 6.45) is 1.99. The molecule has 10 heteroatoms. The van der Waals surface area contributed by atoms with Gasteiger partial charge in [-0.1, -0.05) is 72.6 Å². The summed E-state index contributed by atoms with van der Waals surface area (Å²) in [5.41, 5.74) is 1.87. The predicted molar refractivity (Wildman–Crippen MR) is 157 cm³/mol. The van der Waals surface area contributed by atoms with Gasteiger partial charge >= 0.3 is 0 Å². The Balaban J connectivity index is 2.05. The molecule has 208 valence electrons. The normalized spacial score (nSPS) is 12.8. The van der Waals surface area contributed by atoms with Crippen LogP contribution in [0.15, 0.2) is 78.9 Å². The van der Waals surface area contributed by atoms with Crippen molar-refractivity contribution in [2.24, 2.45) is 0 Å². The first-order valence-electron chi connectivity index (χ1n) is 12.6. The third-order valence-corrected chi connectivity index (χ3v) is 7.94. The fourth-order valence-electron chi connectivity index (χ4n) is 4.05. The van der Waals surface area contributed by atoms with Gasteiger partial charge < -0.3 is 10.2 Å². The van der Waals surface area contributed by atoms with Gasteiger partial charge in [0.1, 0.15) is 12.6 Å². The molecule has 7 nitrogen and oxygen atoms in total. The highest BCUT2D eigenvalue weighted by Crippen LogP contribution is 2.23. The molecule has 0 radical (unpaired) electrons. The molecule has 3 aromatic carbocycles. The minimum absolute atomic E-state index is 0.0586. The molecule has 0 bridgehead atoms. The summed E-state index contributed by atoms with van der Waals surface area (Å²) in [4.78, 5) is 29.1. The first-order valence-corrected chi connectivity index (χ1v) is 15.2. The maximum Gasteiger partial charge on any atom is 0.244 e. The number of carbonyl (C=O) groups is 2. The molecular formula is C29H33Cl2N3O4S. The summed E-state index contributed by atoms with van der Waals surface area (Å²) in [5, 5.41) is 3.92. The molecule has 0 spiro atoms. The van der Waals surface area contributed by atoms with Crippen molar-refractivity contribution in [3.05, 3.63) is 100 Å². The topological polar surface area (TPSA) is 86.8 Å². The van der Waals surface area contributed by atoms with E-state index in [1.165, 1.54) is 17.0 Å². The monoisotopic (exact) mass is 589 g/mol. The molecule has 0 aliphatic carbocycles. The molecule has 2 amide bonds. The number of amides is 2. The van der Waals surface area contributed by atoms with Crippen molar-refractivity contribution in [1.82, 2.24) is 10.2 Å². The molecule has 3 aromatic rings. The van der Waals surface area contributed by atoms with Crippen molar-refractivity contribution in [2.75, 3.05) is 17.1 Å². The maximum atomic E-state index is 14.0. The van der Waals surface area contributed by atoms with Gasteiger partial charge in [0.15, 0.2) is 0 Å². The molecule has 1 N–H and O–H groups in total. The van der Waals surface area contributed by atoms with Gasteiger partial charge in [-0.15, -0.1) is 0 Å². The van der Waals surface area contributed by atoms with E-state index in [-0.39, 0.29) is 24.9 Å². The highest BCUT2D eigenvalue weighted by Gasteiger charge is 2.33. The lowest BCUT2D eigenvalue weighted by molar-refractivity contribution is -0.140. The van der Waals surface area contributed by atoms with Gasteiger partial charge in [0.25, 0.3) is 0 Å². The van der Waals surface area contributed by atoms with Crippen molar-refractivity contribution < 1.29 is 18.0 Å². The summed E-state index contributed by atoms with van der Waals surface area (Å²) in [6.45, 7) is 3.42. The lowest BCUT2D eigenvalue weighted by atomic mass is 10.0. The smallest absolute Gasteiger partial charge is 0.244 e. The van der Waals surface area contributed by atoms with Crippen molar-refractivity contribution >= 4 is 50.7 Å². The fraction of sp³-hybridized carbons (Fsp3) is 0.310. The van der Waals surface area contributed by atoms with Gasteiger partial charge in [-0.05, 0) is 60.9 Å². The zero-order chi connectivity index (χ0) is 28.6. The van der Waals surface area contributed by atoms with E-state index in [1.54, 1.807) is 30.3 Å². The molecule has 0 aliphatic rings. The van der Waals surface area contributed by atoms with Gasteiger partial charge in [-0.2, -0.15) is 0 Å². The predicted octanol–water partition coefficient (Wildman–Crippen LogP) is 5.31. The van der Waals surface area contributed by atoms with Crippen LogP contribution in [0.2, 0.25) is 10.0 Å². The summed E-state index contributed by atoms with van der Waals surface area (Å²) < 4.78 is 26.6. The van der Waals surface area contributed by atoms with E-state index in [9.17, 15) is 18.0 Å².